The van der Waals surface area contributed by atoms with Gasteiger partial charge in [-0.15, -0.1) is 0 Å². The Labute approximate surface area is 99.9 Å². The van der Waals surface area contributed by atoms with Crippen LogP contribution in [0.25, 0.3) is 0 Å². The predicted molar refractivity (Wildman–Crippen MR) is 40.4 cm³/mol. The van der Waals surface area contributed by atoms with Crippen molar-refractivity contribution in [3.05, 3.63) is 0 Å². The van der Waals surface area contributed by atoms with E-state index in [0.29, 0.717) is 0 Å². The molecule has 5 nitrogen and oxygen atoms in total. The summed E-state index contributed by atoms with van der Waals surface area (Å²) < 4.78 is 34.7. The van der Waals surface area contributed by atoms with Gasteiger partial charge in [0.25, 0.3) is 0 Å². The van der Waals surface area contributed by atoms with Crippen LogP contribution in [0.15, 0.2) is 0 Å². The van der Waals surface area contributed by atoms with Crippen molar-refractivity contribution in [1.82, 2.24) is 0 Å². The van der Waals surface area contributed by atoms with Crippen LogP contribution < -0.4 is 29.6 Å². The van der Waals surface area contributed by atoms with Gasteiger partial charge in [0.2, 0.25) is 0 Å². The number of ether oxygens (including phenoxy) is 1. The van der Waals surface area contributed by atoms with Gasteiger partial charge in [0.15, 0.2) is 0 Å². The molecule has 0 aliphatic carbocycles. The average molecular weight is 218 g/mol. The molecule has 72 valence electrons. The zero-order valence-electron chi connectivity index (χ0n) is 7.78. The molecule has 0 saturated carbocycles. The van der Waals surface area contributed by atoms with Crippen LogP contribution in [0, 0.1) is 0 Å². The molecule has 0 N–H and O–H groups in total. The largest absolute Gasteiger partial charge is 1.00 e. The van der Waals surface area contributed by atoms with E-state index in [0.717, 1.165) is 0 Å². The van der Waals surface area contributed by atoms with Gasteiger partial charge in [-0.2, -0.15) is 0 Å². The van der Waals surface area contributed by atoms with Crippen LogP contribution >= 0.6 is 0 Å². The van der Waals surface area contributed by atoms with E-state index in [2.05, 4.69) is 4.74 Å². The van der Waals surface area contributed by atoms with Crippen molar-refractivity contribution >= 4 is 16.1 Å². The molecule has 0 heterocycles. The van der Waals surface area contributed by atoms with E-state index < -0.39 is 21.8 Å². The quantitative estimate of drug-likeness (QED) is 0.277. The van der Waals surface area contributed by atoms with E-state index in [9.17, 15) is 17.8 Å². The van der Waals surface area contributed by atoms with Gasteiger partial charge in [0.1, 0.15) is 0 Å². The van der Waals surface area contributed by atoms with E-state index in [4.69, 9.17) is 0 Å². The molecule has 0 aromatic rings. The van der Waals surface area contributed by atoms with E-state index in [1.807, 2.05) is 0 Å². The van der Waals surface area contributed by atoms with Crippen LogP contribution in [-0.4, -0.2) is 31.3 Å². The molecule has 0 aromatic heterocycles. The molecule has 0 radical (unpaired) electrons. The third-order valence-corrected chi connectivity index (χ3v) is 1.87. The summed E-state index contributed by atoms with van der Waals surface area (Å²) in [5.41, 5.74) is 0. The van der Waals surface area contributed by atoms with Crippen molar-refractivity contribution < 1.29 is 52.1 Å². The van der Waals surface area contributed by atoms with Crippen molar-refractivity contribution in [1.29, 1.82) is 0 Å². The molecular formula is C6H11NaO5S. The van der Waals surface area contributed by atoms with Crippen molar-refractivity contribution in [3.63, 3.8) is 0 Å². The van der Waals surface area contributed by atoms with E-state index in [1.54, 1.807) is 6.92 Å². The fourth-order valence-corrected chi connectivity index (χ4v) is 1.12. The number of hydrogen-bond donors (Lipinski definition) is 0. The van der Waals surface area contributed by atoms with Crippen LogP contribution in [0.5, 0.6) is 0 Å². The summed E-state index contributed by atoms with van der Waals surface area (Å²) in [5.74, 6) is -0.979. The smallest absolute Gasteiger partial charge is 0.748 e. The van der Waals surface area contributed by atoms with Gasteiger partial charge < -0.3 is 9.29 Å². The predicted octanol–water partition coefficient (Wildman–Crippen LogP) is -3.12. The summed E-state index contributed by atoms with van der Waals surface area (Å²) >= 11 is 0. The van der Waals surface area contributed by atoms with E-state index >= 15 is 0 Å². The Morgan fingerprint density at radius 3 is 2.38 bits per heavy atom. The minimum absolute atomic E-state index is 0. The number of carbonyl (C=O) groups excluding carboxylic acids is 1. The maximum absolute atomic E-state index is 10.6. The Bertz CT molecular complexity index is 235. The standard InChI is InChI=1S/C6H12O5S.Na/c1-2-11-6(7)4-3-5-12(8,9)10;/h2-5H2,1H3,(H,8,9,10);/q;+1/p-1. The summed E-state index contributed by atoms with van der Waals surface area (Å²) in [6.07, 6.45) is 0.0139. The van der Waals surface area contributed by atoms with Crippen LogP contribution in [0.3, 0.4) is 0 Å². The molecule has 0 aliphatic rings. The first-order chi connectivity index (χ1) is 5.45. The van der Waals surface area contributed by atoms with Gasteiger partial charge in [-0.1, -0.05) is 0 Å². The third kappa shape index (κ3) is 12.4. The fraction of sp³-hybridized carbons (Fsp3) is 0.833. The second kappa shape index (κ2) is 7.75. The molecule has 0 atom stereocenters. The van der Waals surface area contributed by atoms with Crippen LogP contribution in [0.4, 0.5) is 0 Å². The zero-order valence-corrected chi connectivity index (χ0v) is 10.6. The van der Waals surface area contributed by atoms with E-state index in [1.165, 1.54) is 0 Å². The number of rotatable bonds is 5. The van der Waals surface area contributed by atoms with Gasteiger partial charge >= 0.3 is 35.5 Å². The van der Waals surface area contributed by atoms with Gasteiger partial charge in [-0.05, 0) is 13.3 Å². The SMILES string of the molecule is CCOC(=O)CCCS(=O)(=O)[O-].[Na+]. The average Bonchev–Trinajstić information content (AvgIpc) is 1.84. The Kier molecular flexibility index (Phi) is 9.44. The molecular weight excluding hydrogens is 207 g/mol. The number of hydrogen-bond acceptors (Lipinski definition) is 5. The van der Waals surface area contributed by atoms with Gasteiger partial charge in [-0.3, -0.25) is 4.79 Å². The summed E-state index contributed by atoms with van der Waals surface area (Å²) in [6.45, 7) is 1.92. The zero-order chi connectivity index (χ0) is 9.61. The first-order valence-electron chi connectivity index (χ1n) is 3.55. The molecule has 0 spiro atoms. The Morgan fingerprint density at radius 2 is 2.00 bits per heavy atom. The van der Waals surface area contributed by atoms with Crippen LogP contribution in [0.2, 0.25) is 0 Å². The van der Waals surface area contributed by atoms with Crippen LogP contribution in [-0.2, 0) is 19.6 Å². The van der Waals surface area contributed by atoms with Crippen molar-refractivity contribution in [2.45, 2.75) is 19.8 Å². The molecule has 0 aliphatic heterocycles. The Hall–Kier alpha value is 0.380. The monoisotopic (exact) mass is 218 g/mol. The maximum atomic E-state index is 10.6. The minimum Gasteiger partial charge on any atom is -0.748 e. The maximum Gasteiger partial charge on any atom is 1.00 e. The van der Waals surface area contributed by atoms with Gasteiger partial charge in [-0.25, -0.2) is 8.42 Å². The Balaban J connectivity index is 0. The summed E-state index contributed by atoms with van der Waals surface area (Å²) in [5, 5.41) is 0. The van der Waals surface area contributed by atoms with Crippen molar-refractivity contribution in [2.75, 3.05) is 12.4 Å². The van der Waals surface area contributed by atoms with Gasteiger partial charge in [0, 0.05) is 12.2 Å². The first kappa shape index (κ1) is 15.8. The fourth-order valence-electron chi connectivity index (χ4n) is 0.626. The number of carbonyl (C=O) groups is 1. The van der Waals surface area contributed by atoms with Crippen LogP contribution in [0.1, 0.15) is 19.8 Å². The first-order valence-corrected chi connectivity index (χ1v) is 5.12. The molecule has 0 rings (SSSR count). The van der Waals surface area contributed by atoms with Gasteiger partial charge in [0.05, 0.1) is 16.7 Å². The topological polar surface area (TPSA) is 83.5 Å². The molecule has 7 heteroatoms. The van der Waals surface area contributed by atoms with E-state index in [-0.39, 0.29) is 49.0 Å². The summed E-state index contributed by atoms with van der Waals surface area (Å²) in [6, 6.07) is 0. The Morgan fingerprint density at radius 1 is 1.46 bits per heavy atom. The molecule has 0 bridgehead atoms. The second-order valence-corrected chi connectivity index (χ2v) is 3.69. The minimum atomic E-state index is -4.19. The molecule has 0 aromatic carbocycles. The van der Waals surface area contributed by atoms with Crippen molar-refractivity contribution in [2.24, 2.45) is 0 Å². The molecule has 0 unspecified atom stereocenters. The normalized spacial score (nSPS) is 10.3. The molecule has 0 amide bonds. The summed E-state index contributed by atoms with van der Waals surface area (Å²) in [7, 11) is -4.19. The number of esters is 1. The summed E-state index contributed by atoms with van der Waals surface area (Å²) in [4.78, 5) is 10.6. The van der Waals surface area contributed by atoms with Crippen molar-refractivity contribution in [3.8, 4) is 0 Å². The second-order valence-electron chi connectivity index (χ2n) is 2.17. The molecule has 13 heavy (non-hydrogen) atoms. The molecule has 0 fully saturated rings. The third-order valence-electron chi connectivity index (χ3n) is 1.08. The molecule has 0 saturated heterocycles.